The number of piperidine rings is 1. The number of sulfonamides is 1. The SMILES string of the molecule is CCCS(=O)(=O)N1CCC(c2nnc(C(C)C)o2)CC1. The van der Waals surface area contributed by atoms with Crippen LogP contribution in [-0.4, -0.2) is 41.8 Å². The van der Waals surface area contributed by atoms with Gasteiger partial charge in [0.15, 0.2) is 0 Å². The van der Waals surface area contributed by atoms with Gasteiger partial charge in [-0.1, -0.05) is 20.8 Å². The highest BCUT2D eigenvalue weighted by atomic mass is 32.2. The Labute approximate surface area is 120 Å². The Kier molecular flexibility index (Phi) is 4.80. The smallest absolute Gasteiger partial charge is 0.219 e. The maximum absolute atomic E-state index is 12.0. The highest BCUT2D eigenvalue weighted by Gasteiger charge is 2.30. The van der Waals surface area contributed by atoms with Crippen molar-refractivity contribution in [1.82, 2.24) is 14.5 Å². The molecule has 0 bridgehead atoms. The predicted molar refractivity (Wildman–Crippen MR) is 76.0 cm³/mol. The van der Waals surface area contributed by atoms with Crippen LogP contribution >= 0.6 is 0 Å². The van der Waals surface area contributed by atoms with Crippen molar-refractivity contribution in [3.8, 4) is 0 Å². The van der Waals surface area contributed by atoms with Crippen molar-refractivity contribution in [1.29, 1.82) is 0 Å². The van der Waals surface area contributed by atoms with Gasteiger partial charge in [-0.3, -0.25) is 0 Å². The Balaban J connectivity index is 1.97. The number of aromatic nitrogens is 2. The van der Waals surface area contributed by atoms with E-state index in [0.29, 0.717) is 31.3 Å². The molecule has 1 aliphatic rings. The van der Waals surface area contributed by atoms with E-state index in [1.165, 1.54) is 0 Å². The Hall–Kier alpha value is -0.950. The van der Waals surface area contributed by atoms with E-state index in [0.717, 1.165) is 12.8 Å². The number of nitrogens with zero attached hydrogens (tertiary/aromatic N) is 3. The lowest BCUT2D eigenvalue weighted by Gasteiger charge is -2.29. The lowest BCUT2D eigenvalue weighted by molar-refractivity contribution is 0.285. The minimum Gasteiger partial charge on any atom is -0.425 e. The van der Waals surface area contributed by atoms with Crippen LogP contribution in [0.5, 0.6) is 0 Å². The fraction of sp³-hybridized carbons (Fsp3) is 0.846. The van der Waals surface area contributed by atoms with Gasteiger partial charge in [0.05, 0.1) is 5.75 Å². The maximum atomic E-state index is 12.0. The van der Waals surface area contributed by atoms with Crippen molar-refractivity contribution < 1.29 is 12.8 Å². The molecule has 0 saturated carbocycles. The molecule has 1 fully saturated rings. The van der Waals surface area contributed by atoms with E-state index < -0.39 is 10.0 Å². The highest BCUT2D eigenvalue weighted by molar-refractivity contribution is 7.89. The second-order valence-electron chi connectivity index (χ2n) is 5.62. The largest absolute Gasteiger partial charge is 0.425 e. The molecule has 1 saturated heterocycles. The van der Waals surface area contributed by atoms with Gasteiger partial charge in [-0.15, -0.1) is 10.2 Å². The van der Waals surface area contributed by atoms with Crippen LogP contribution in [0, 0.1) is 0 Å². The average Bonchev–Trinajstić information content (AvgIpc) is 2.88. The molecule has 0 spiro atoms. The second kappa shape index (κ2) is 6.22. The summed E-state index contributed by atoms with van der Waals surface area (Å²) in [5, 5.41) is 8.14. The first-order valence-electron chi connectivity index (χ1n) is 7.25. The number of rotatable bonds is 5. The monoisotopic (exact) mass is 301 g/mol. The molecule has 0 aromatic carbocycles. The van der Waals surface area contributed by atoms with Crippen molar-refractivity contribution >= 4 is 10.0 Å². The van der Waals surface area contributed by atoms with Crippen molar-refractivity contribution in [2.24, 2.45) is 0 Å². The summed E-state index contributed by atoms with van der Waals surface area (Å²) >= 11 is 0. The lowest BCUT2D eigenvalue weighted by Crippen LogP contribution is -2.39. The lowest BCUT2D eigenvalue weighted by atomic mass is 9.98. The fourth-order valence-corrected chi connectivity index (χ4v) is 3.95. The third-order valence-electron chi connectivity index (χ3n) is 3.61. The molecule has 2 heterocycles. The molecular weight excluding hydrogens is 278 g/mol. The molecule has 7 heteroatoms. The molecule has 0 atom stereocenters. The van der Waals surface area contributed by atoms with Crippen molar-refractivity contribution in [2.75, 3.05) is 18.8 Å². The zero-order valence-electron chi connectivity index (χ0n) is 12.4. The standard InChI is InChI=1S/C13H23N3O3S/c1-4-9-20(17,18)16-7-5-11(6-8-16)13-15-14-12(19-13)10(2)3/h10-11H,4-9H2,1-3H3. The van der Waals surface area contributed by atoms with Gasteiger partial charge in [0.25, 0.3) is 0 Å². The van der Waals surface area contributed by atoms with Crippen LogP contribution in [-0.2, 0) is 10.0 Å². The van der Waals surface area contributed by atoms with Crippen LogP contribution < -0.4 is 0 Å². The van der Waals surface area contributed by atoms with Gasteiger partial charge in [-0.05, 0) is 19.3 Å². The number of hydrogen-bond acceptors (Lipinski definition) is 5. The van der Waals surface area contributed by atoms with Crippen LogP contribution in [0.25, 0.3) is 0 Å². The molecule has 0 amide bonds. The summed E-state index contributed by atoms with van der Waals surface area (Å²) in [6.45, 7) is 7.00. The third kappa shape index (κ3) is 3.38. The second-order valence-corrected chi connectivity index (χ2v) is 7.71. The van der Waals surface area contributed by atoms with E-state index in [-0.39, 0.29) is 17.6 Å². The Morgan fingerprint density at radius 2 is 1.95 bits per heavy atom. The van der Waals surface area contributed by atoms with E-state index in [9.17, 15) is 8.42 Å². The summed E-state index contributed by atoms with van der Waals surface area (Å²) in [4.78, 5) is 0. The first-order valence-corrected chi connectivity index (χ1v) is 8.86. The summed E-state index contributed by atoms with van der Waals surface area (Å²) in [5.74, 6) is 1.95. The van der Waals surface area contributed by atoms with Crippen LogP contribution in [0.1, 0.15) is 63.7 Å². The molecule has 0 N–H and O–H groups in total. The molecule has 0 unspecified atom stereocenters. The topological polar surface area (TPSA) is 76.3 Å². The van der Waals surface area contributed by atoms with Crippen LogP contribution in [0.2, 0.25) is 0 Å². The molecule has 6 nitrogen and oxygen atoms in total. The maximum Gasteiger partial charge on any atom is 0.219 e. The zero-order valence-corrected chi connectivity index (χ0v) is 13.2. The quantitative estimate of drug-likeness (QED) is 0.832. The molecule has 1 aliphatic heterocycles. The molecule has 0 radical (unpaired) electrons. The van der Waals surface area contributed by atoms with Crippen molar-refractivity contribution in [3.63, 3.8) is 0 Å². The van der Waals surface area contributed by atoms with Gasteiger partial charge in [-0.25, -0.2) is 12.7 Å². The molecular formula is C13H23N3O3S. The first kappa shape index (κ1) is 15.4. The average molecular weight is 301 g/mol. The zero-order chi connectivity index (χ0) is 14.8. The normalized spacial score (nSPS) is 18.8. The Morgan fingerprint density at radius 1 is 1.30 bits per heavy atom. The fourth-order valence-electron chi connectivity index (χ4n) is 2.41. The summed E-state index contributed by atoms with van der Waals surface area (Å²) in [5.41, 5.74) is 0. The van der Waals surface area contributed by atoms with E-state index in [1.54, 1.807) is 4.31 Å². The summed E-state index contributed by atoms with van der Waals surface area (Å²) < 4.78 is 31.2. The van der Waals surface area contributed by atoms with Crippen molar-refractivity contribution in [3.05, 3.63) is 11.8 Å². The van der Waals surface area contributed by atoms with Gasteiger partial charge in [0, 0.05) is 24.9 Å². The minimum atomic E-state index is -3.08. The molecule has 2 rings (SSSR count). The minimum absolute atomic E-state index is 0.183. The highest BCUT2D eigenvalue weighted by Crippen LogP contribution is 2.29. The van der Waals surface area contributed by atoms with Gasteiger partial charge in [-0.2, -0.15) is 0 Å². The van der Waals surface area contributed by atoms with E-state index >= 15 is 0 Å². The van der Waals surface area contributed by atoms with E-state index in [2.05, 4.69) is 10.2 Å². The first-order chi connectivity index (χ1) is 9.44. The number of hydrogen-bond donors (Lipinski definition) is 0. The van der Waals surface area contributed by atoms with Gasteiger partial charge >= 0.3 is 0 Å². The summed E-state index contributed by atoms with van der Waals surface area (Å²) in [6.07, 6.45) is 2.16. The van der Waals surface area contributed by atoms with Crippen LogP contribution in [0.4, 0.5) is 0 Å². The Bertz CT molecular complexity index is 531. The third-order valence-corrected chi connectivity index (χ3v) is 5.68. The molecule has 1 aromatic heterocycles. The summed E-state index contributed by atoms with van der Waals surface area (Å²) in [6, 6.07) is 0. The summed E-state index contributed by atoms with van der Waals surface area (Å²) in [7, 11) is -3.08. The molecule has 114 valence electrons. The van der Waals surface area contributed by atoms with Gasteiger partial charge in [0.2, 0.25) is 21.8 Å². The van der Waals surface area contributed by atoms with E-state index in [1.807, 2.05) is 20.8 Å². The van der Waals surface area contributed by atoms with Gasteiger partial charge in [0.1, 0.15) is 0 Å². The van der Waals surface area contributed by atoms with Crippen LogP contribution in [0.3, 0.4) is 0 Å². The Morgan fingerprint density at radius 3 is 2.45 bits per heavy atom. The molecule has 0 aliphatic carbocycles. The van der Waals surface area contributed by atoms with Crippen molar-refractivity contribution in [2.45, 2.75) is 51.9 Å². The molecule has 1 aromatic rings. The predicted octanol–water partition coefficient (Wildman–Crippen LogP) is 2.11. The van der Waals surface area contributed by atoms with Gasteiger partial charge < -0.3 is 4.42 Å². The van der Waals surface area contributed by atoms with E-state index in [4.69, 9.17) is 4.42 Å². The molecule has 20 heavy (non-hydrogen) atoms. The van der Waals surface area contributed by atoms with Crippen LogP contribution in [0.15, 0.2) is 4.42 Å².